The van der Waals surface area contributed by atoms with Gasteiger partial charge in [0.25, 0.3) is 5.91 Å². The van der Waals surface area contributed by atoms with E-state index < -0.39 is 5.91 Å². The number of amides is 1. The second-order valence-corrected chi connectivity index (χ2v) is 6.25. The summed E-state index contributed by atoms with van der Waals surface area (Å²) in [4.78, 5) is 21.2. The molecule has 0 aliphatic carbocycles. The molecule has 0 saturated heterocycles. The molecule has 0 unspecified atom stereocenters. The van der Waals surface area contributed by atoms with Crippen LogP contribution >= 0.6 is 0 Å². The Labute approximate surface area is 165 Å². The van der Waals surface area contributed by atoms with Crippen LogP contribution in [0.15, 0.2) is 47.4 Å². The molecule has 4 rings (SSSR count). The molecule has 29 heavy (non-hydrogen) atoms. The number of rotatable bonds is 7. The molecule has 2 N–H and O–H groups in total. The second-order valence-electron chi connectivity index (χ2n) is 6.25. The van der Waals surface area contributed by atoms with Crippen molar-refractivity contribution in [3.05, 3.63) is 54.4 Å². The topological polar surface area (TPSA) is 124 Å². The van der Waals surface area contributed by atoms with Gasteiger partial charge in [-0.15, -0.1) is 0 Å². The number of aryl methyl sites for hydroxylation is 1. The highest BCUT2D eigenvalue weighted by Gasteiger charge is 2.19. The van der Waals surface area contributed by atoms with E-state index in [4.69, 9.17) is 9.15 Å². The number of carbonyl (C=O) groups excluding carboxylic acids is 1. The first kappa shape index (κ1) is 18.6. The normalized spacial score (nSPS) is 11.0. The van der Waals surface area contributed by atoms with Crippen LogP contribution in [0.1, 0.15) is 16.2 Å². The Hall–Kier alpha value is -3.79. The van der Waals surface area contributed by atoms with Gasteiger partial charge in [0, 0.05) is 31.4 Å². The molecule has 4 aromatic rings. The van der Waals surface area contributed by atoms with Gasteiger partial charge in [-0.25, -0.2) is 9.97 Å². The molecule has 148 valence electrons. The van der Waals surface area contributed by atoms with E-state index in [9.17, 15) is 4.79 Å². The quantitative estimate of drug-likeness (QED) is 0.494. The maximum absolute atomic E-state index is 12.8. The lowest BCUT2D eigenvalue weighted by Crippen LogP contribution is -2.11. The van der Waals surface area contributed by atoms with Crippen LogP contribution in [0.3, 0.4) is 0 Å². The fourth-order valence-electron chi connectivity index (χ4n) is 2.79. The highest BCUT2D eigenvalue weighted by atomic mass is 16.5. The van der Waals surface area contributed by atoms with E-state index in [1.807, 2.05) is 6.92 Å². The molecule has 0 fully saturated rings. The molecule has 10 heteroatoms. The summed E-state index contributed by atoms with van der Waals surface area (Å²) < 4.78 is 12.5. The van der Waals surface area contributed by atoms with Crippen LogP contribution in [0.2, 0.25) is 0 Å². The summed E-state index contributed by atoms with van der Waals surface area (Å²) in [6.45, 7) is 2.89. The van der Waals surface area contributed by atoms with Crippen molar-refractivity contribution in [2.45, 2.75) is 13.5 Å². The Morgan fingerprint density at radius 1 is 1.31 bits per heavy atom. The van der Waals surface area contributed by atoms with Gasteiger partial charge in [0.2, 0.25) is 0 Å². The van der Waals surface area contributed by atoms with E-state index in [2.05, 4.69) is 30.6 Å². The van der Waals surface area contributed by atoms with E-state index in [0.29, 0.717) is 36.1 Å². The zero-order chi connectivity index (χ0) is 20.2. The van der Waals surface area contributed by atoms with Crippen molar-refractivity contribution in [3.63, 3.8) is 0 Å². The first-order valence-electron chi connectivity index (χ1n) is 8.91. The van der Waals surface area contributed by atoms with E-state index in [1.165, 1.54) is 0 Å². The van der Waals surface area contributed by atoms with Gasteiger partial charge in [-0.05, 0) is 25.1 Å². The minimum atomic E-state index is -0.402. The summed E-state index contributed by atoms with van der Waals surface area (Å²) >= 11 is 0. The van der Waals surface area contributed by atoms with Gasteiger partial charge in [-0.2, -0.15) is 10.2 Å². The van der Waals surface area contributed by atoms with Crippen LogP contribution in [0.5, 0.6) is 0 Å². The third-order valence-corrected chi connectivity index (χ3v) is 4.24. The molecule has 0 aliphatic heterocycles. The number of anilines is 1. The van der Waals surface area contributed by atoms with Crippen LogP contribution in [0.25, 0.3) is 22.8 Å². The molecule has 0 spiro atoms. The van der Waals surface area contributed by atoms with Crippen molar-refractivity contribution in [1.29, 1.82) is 0 Å². The minimum absolute atomic E-state index is 0.171. The van der Waals surface area contributed by atoms with Crippen molar-refractivity contribution in [3.8, 4) is 22.8 Å². The molecule has 10 nitrogen and oxygen atoms in total. The van der Waals surface area contributed by atoms with Crippen molar-refractivity contribution in [2.24, 2.45) is 0 Å². The van der Waals surface area contributed by atoms with Crippen molar-refractivity contribution < 1.29 is 13.9 Å². The maximum Gasteiger partial charge on any atom is 0.291 e. The third-order valence-electron chi connectivity index (χ3n) is 4.24. The first-order chi connectivity index (χ1) is 14.2. The molecule has 4 heterocycles. The molecule has 4 aromatic heterocycles. The number of hydrogen-bond acceptors (Lipinski definition) is 7. The number of carbonyl (C=O) groups is 1. The molecule has 0 aliphatic rings. The largest absolute Gasteiger partial charge is 0.451 e. The zero-order valence-corrected chi connectivity index (χ0v) is 15.9. The van der Waals surface area contributed by atoms with Gasteiger partial charge < -0.3 is 14.5 Å². The van der Waals surface area contributed by atoms with Gasteiger partial charge in [-0.1, -0.05) is 0 Å². The lowest BCUT2D eigenvalue weighted by atomic mass is 10.2. The Balaban J connectivity index is 1.60. The van der Waals surface area contributed by atoms with Crippen molar-refractivity contribution in [1.82, 2.24) is 29.9 Å². The maximum atomic E-state index is 12.8. The number of aromatic nitrogens is 6. The van der Waals surface area contributed by atoms with Crippen LogP contribution in [0.4, 0.5) is 5.69 Å². The standard InChI is InChI=1S/C19H19N7O3/c1-12-13(10-22-24-12)15-4-5-16(29-15)19(27)23-14-11-26(8-9-28-2)25-17(14)18-20-6-3-7-21-18/h3-7,10-11H,8-9H2,1-2H3,(H,22,24)(H,23,27). The number of ether oxygens (including phenoxy) is 1. The predicted octanol–water partition coefficient (Wildman–Crippen LogP) is 2.53. The highest BCUT2D eigenvalue weighted by Crippen LogP contribution is 2.26. The van der Waals surface area contributed by atoms with Crippen LogP contribution < -0.4 is 5.32 Å². The van der Waals surface area contributed by atoms with Gasteiger partial charge >= 0.3 is 0 Å². The van der Waals surface area contributed by atoms with E-state index >= 15 is 0 Å². The number of methoxy groups -OCH3 is 1. The van der Waals surface area contributed by atoms with Crippen LogP contribution in [0, 0.1) is 6.92 Å². The average Bonchev–Trinajstić information content (AvgIpc) is 3.46. The Kier molecular flexibility index (Phi) is 5.16. The second kappa shape index (κ2) is 8.07. The number of H-pyrrole nitrogens is 1. The van der Waals surface area contributed by atoms with Gasteiger partial charge in [-0.3, -0.25) is 14.6 Å². The molecule has 1 amide bonds. The lowest BCUT2D eigenvalue weighted by molar-refractivity contribution is 0.0997. The van der Waals surface area contributed by atoms with E-state index in [1.54, 1.807) is 54.8 Å². The molecule has 0 bridgehead atoms. The molecular formula is C19H19N7O3. The molecule has 0 radical (unpaired) electrons. The fourth-order valence-corrected chi connectivity index (χ4v) is 2.79. The zero-order valence-electron chi connectivity index (χ0n) is 15.9. The molecular weight excluding hydrogens is 374 g/mol. The number of nitrogens with zero attached hydrogens (tertiary/aromatic N) is 5. The average molecular weight is 393 g/mol. The summed E-state index contributed by atoms with van der Waals surface area (Å²) in [6, 6.07) is 5.06. The minimum Gasteiger partial charge on any atom is -0.451 e. The van der Waals surface area contributed by atoms with E-state index in [0.717, 1.165) is 11.3 Å². The molecule has 0 aromatic carbocycles. The number of furan rings is 1. The number of aromatic amines is 1. The highest BCUT2D eigenvalue weighted by molar-refractivity contribution is 6.04. The van der Waals surface area contributed by atoms with E-state index in [-0.39, 0.29) is 5.76 Å². The molecule has 0 atom stereocenters. The predicted molar refractivity (Wildman–Crippen MR) is 104 cm³/mol. The smallest absolute Gasteiger partial charge is 0.291 e. The van der Waals surface area contributed by atoms with Crippen LogP contribution in [-0.4, -0.2) is 49.6 Å². The van der Waals surface area contributed by atoms with Gasteiger partial charge in [0.15, 0.2) is 17.3 Å². The van der Waals surface area contributed by atoms with Crippen molar-refractivity contribution >= 4 is 11.6 Å². The van der Waals surface area contributed by atoms with Crippen molar-refractivity contribution in [2.75, 3.05) is 19.0 Å². The Morgan fingerprint density at radius 2 is 2.14 bits per heavy atom. The monoisotopic (exact) mass is 393 g/mol. The fraction of sp³-hybridized carbons (Fsp3) is 0.211. The first-order valence-corrected chi connectivity index (χ1v) is 8.91. The Morgan fingerprint density at radius 3 is 2.86 bits per heavy atom. The summed E-state index contributed by atoms with van der Waals surface area (Å²) in [5, 5.41) is 14.1. The number of nitrogens with one attached hydrogen (secondary N) is 2. The lowest BCUT2D eigenvalue weighted by Gasteiger charge is -2.02. The SMILES string of the molecule is COCCn1cc(NC(=O)c2ccc(-c3cn[nH]c3C)o2)c(-c2ncccn2)n1. The Bertz CT molecular complexity index is 1110. The summed E-state index contributed by atoms with van der Waals surface area (Å²) in [5.74, 6) is 0.739. The third kappa shape index (κ3) is 3.92. The van der Waals surface area contributed by atoms with Gasteiger partial charge in [0.05, 0.1) is 30.6 Å². The summed E-state index contributed by atoms with van der Waals surface area (Å²) in [5.41, 5.74) is 2.60. The summed E-state index contributed by atoms with van der Waals surface area (Å²) in [6.07, 6.45) is 6.61. The van der Waals surface area contributed by atoms with Gasteiger partial charge in [0.1, 0.15) is 5.76 Å². The molecule has 0 saturated carbocycles. The van der Waals surface area contributed by atoms with Crippen LogP contribution in [-0.2, 0) is 11.3 Å². The number of hydrogen-bond donors (Lipinski definition) is 2. The summed E-state index contributed by atoms with van der Waals surface area (Å²) in [7, 11) is 1.61.